The number of amides is 1. The van der Waals surface area contributed by atoms with Crippen LogP contribution in [0.2, 0.25) is 0 Å². The Morgan fingerprint density at radius 1 is 0.929 bits per heavy atom. The van der Waals surface area contributed by atoms with Gasteiger partial charge in [0.05, 0.1) is 28.5 Å². The first kappa shape index (κ1) is 17.7. The lowest BCUT2D eigenvalue weighted by atomic mass is 10.2. The fourth-order valence-corrected chi connectivity index (χ4v) is 2.64. The molecule has 3 aromatic heterocycles. The van der Waals surface area contributed by atoms with Crippen LogP contribution in [-0.2, 0) is 6.18 Å². The third kappa shape index (κ3) is 3.41. The van der Waals surface area contributed by atoms with Crippen molar-refractivity contribution in [2.24, 2.45) is 0 Å². The summed E-state index contributed by atoms with van der Waals surface area (Å²) >= 11 is 0. The molecular formula is C19H12F3N5O. The zero-order chi connectivity index (χ0) is 19.7. The molecule has 0 radical (unpaired) electrons. The maximum atomic E-state index is 12.5. The van der Waals surface area contributed by atoms with Gasteiger partial charge in [-0.15, -0.1) is 0 Å². The average molecular weight is 383 g/mol. The summed E-state index contributed by atoms with van der Waals surface area (Å²) in [5.74, 6) is 0.0340. The number of pyridine rings is 2. The molecule has 9 heteroatoms. The van der Waals surface area contributed by atoms with Crippen LogP contribution in [0.25, 0.3) is 16.9 Å². The molecule has 0 fully saturated rings. The summed E-state index contributed by atoms with van der Waals surface area (Å²) in [6.07, 6.45) is -0.553. The molecule has 28 heavy (non-hydrogen) atoms. The molecule has 0 saturated carbocycles. The first-order chi connectivity index (χ1) is 13.4. The lowest BCUT2D eigenvalue weighted by Gasteiger charge is -2.08. The third-order valence-corrected chi connectivity index (χ3v) is 4.02. The van der Waals surface area contributed by atoms with Gasteiger partial charge < -0.3 is 5.32 Å². The Bertz CT molecular complexity index is 1130. The highest BCUT2D eigenvalue weighted by Crippen LogP contribution is 2.27. The number of aromatic nitrogens is 4. The van der Waals surface area contributed by atoms with Crippen molar-refractivity contribution in [3.63, 3.8) is 0 Å². The minimum Gasteiger partial charge on any atom is -0.321 e. The first-order valence-corrected chi connectivity index (χ1v) is 8.15. The standard InChI is InChI=1S/C19H12F3N5O/c20-19(21,22)16-7-5-12(9-23-16)18(28)26-13-6-8-17(24-10-13)27-11-25-14-3-1-2-4-15(14)27/h1-11H,(H,26,28). The van der Waals surface area contributed by atoms with E-state index >= 15 is 0 Å². The van der Waals surface area contributed by atoms with Crippen LogP contribution in [-0.4, -0.2) is 25.4 Å². The van der Waals surface area contributed by atoms with Crippen molar-refractivity contribution in [1.82, 2.24) is 19.5 Å². The lowest BCUT2D eigenvalue weighted by molar-refractivity contribution is -0.141. The molecule has 6 nitrogen and oxygen atoms in total. The molecule has 0 saturated heterocycles. The number of para-hydroxylation sites is 2. The van der Waals surface area contributed by atoms with Gasteiger partial charge in [0.25, 0.3) is 5.91 Å². The van der Waals surface area contributed by atoms with E-state index in [4.69, 9.17) is 0 Å². The summed E-state index contributed by atoms with van der Waals surface area (Å²) in [5, 5.41) is 2.58. The van der Waals surface area contributed by atoms with Gasteiger partial charge in [-0.3, -0.25) is 14.3 Å². The van der Waals surface area contributed by atoms with Crippen molar-refractivity contribution in [2.75, 3.05) is 5.32 Å². The summed E-state index contributed by atoms with van der Waals surface area (Å²) < 4.78 is 39.4. The fourth-order valence-electron chi connectivity index (χ4n) is 2.64. The number of fused-ring (bicyclic) bond motifs is 1. The molecule has 0 aliphatic carbocycles. The van der Waals surface area contributed by atoms with E-state index in [1.54, 1.807) is 23.0 Å². The third-order valence-electron chi connectivity index (χ3n) is 4.02. The Morgan fingerprint density at radius 3 is 2.43 bits per heavy atom. The molecule has 0 spiro atoms. The van der Waals surface area contributed by atoms with Crippen LogP contribution in [0.4, 0.5) is 18.9 Å². The highest BCUT2D eigenvalue weighted by Gasteiger charge is 2.32. The molecule has 0 aliphatic rings. The van der Waals surface area contributed by atoms with Crippen LogP contribution in [0.1, 0.15) is 16.1 Å². The van der Waals surface area contributed by atoms with Gasteiger partial charge in [0.2, 0.25) is 0 Å². The molecule has 1 aromatic carbocycles. The number of nitrogens with one attached hydrogen (secondary N) is 1. The van der Waals surface area contributed by atoms with Gasteiger partial charge in [-0.05, 0) is 36.4 Å². The Kier molecular flexibility index (Phi) is 4.26. The number of imidazole rings is 1. The van der Waals surface area contributed by atoms with E-state index in [9.17, 15) is 18.0 Å². The van der Waals surface area contributed by atoms with Crippen LogP contribution in [0.15, 0.2) is 67.3 Å². The zero-order valence-corrected chi connectivity index (χ0v) is 14.2. The molecule has 0 unspecified atom stereocenters. The number of benzene rings is 1. The Morgan fingerprint density at radius 2 is 1.75 bits per heavy atom. The van der Waals surface area contributed by atoms with Crippen LogP contribution >= 0.6 is 0 Å². The Balaban J connectivity index is 1.51. The van der Waals surface area contributed by atoms with E-state index in [0.717, 1.165) is 29.4 Å². The van der Waals surface area contributed by atoms with Gasteiger partial charge in [0.15, 0.2) is 0 Å². The SMILES string of the molecule is O=C(Nc1ccc(-n2cnc3ccccc32)nc1)c1ccc(C(F)(F)F)nc1. The predicted octanol–water partition coefficient (Wildman–Crippen LogP) is 4.09. The fraction of sp³-hybridized carbons (Fsp3) is 0.0526. The van der Waals surface area contributed by atoms with Crippen LogP contribution in [0.3, 0.4) is 0 Å². The summed E-state index contributed by atoms with van der Waals surface area (Å²) in [5.41, 5.74) is 1.08. The van der Waals surface area contributed by atoms with Crippen molar-refractivity contribution >= 4 is 22.6 Å². The second-order valence-corrected chi connectivity index (χ2v) is 5.89. The molecule has 140 valence electrons. The molecule has 0 atom stereocenters. The van der Waals surface area contributed by atoms with Crippen molar-refractivity contribution in [2.45, 2.75) is 6.18 Å². The number of rotatable bonds is 3. The van der Waals surface area contributed by atoms with E-state index in [1.165, 1.54) is 6.20 Å². The highest BCUT2D eigenvalue weighted by molar-refractivity contribution is 6.04. The van der Waals surface area contributed by atoms with Crippen LogP contribution in [0.5, 0.6) is 0 Å². The van der Waals surface area contributed by atoms with Gasteiger partial charge in [-0.1, -0.05) is 12.1 Å². The number of carbonyl (C=O) groups excluding carboxylic acids is 1. The molecular weight excluding hydrogens is 371 g/mol. The maximum Gasteiger partial charge on any atom is 0.433 e. The number of carbonyl (C=O) groups is 1. The number of nitrogens with zero attached hydrogens (tertiary/aromatic N) is 4. The number of hydrogen-bond donors (Lipinski definition) is 1. The number of halogens is 3. The minimum absolute atomic E-state index is 0.0117. The van der Waals surface area contributed by atoms with E-state index < -0.39 is 17.8 Å². The second-order valence-electron chi connectivity index (χ2n) is 5.89. The quantitative estimate of drug-likeness (QED) is 0.578. The number of hydrogen-bond acceptors (Lipinski definition) is 4. The molecule has 0 bridgehead atoms. The smallest absolute Gasteiger partial charge is 0.321 e. The van der Waals surface area contributed by atoms with Gasteiger partial charge >= 0.3 is 6.18 Å². The Hall–Kier alpha value is -3.75. The minimum atomic E-state index is -4.55. The van der Waals surface area contributed by atoms with Gasteiger partial charge in [-0.2, -0.15) is 13.2 Å². The van der Waals surface area contributed by atoms with Crippen molar-refractivity contribution < 1.29 is 18.0 Å². The summed E-state index contributed by atoms with van der Waals surface area (Å²) in [7, 11) is 0. The molecule has 4 aromatic rings. The molecule has 3 heterocycles. The predicted molar refractivity (Wildman–Crippen MR) is 96.1 cm³/mol. The maximum absolute atomic E-state index is 12.5. The van der Waals surface area contributed by atoms with E-state index in [1.807, 2.05) is 24.3 Å². The largest absolute Gasteiger partial charge is 0.433 e. The normalized spacial score (nSPS) is 11.5. The van der Waals surface area contributed by atoms with Gasteiger partial charge in [0, 0.05) is 6.20 Å². The van der Waals surface area contributed by atoms with Crippen LogP contribution in [0, 0.1) is 0 Å². The van der Waals surface area contributed by atoms with Gasteiger partial charge in [-0.25, -0.2) is 9.97 Å². The molecule has 1 amide bonds. The molecule has 1 N–H and O–H groups in total. The van der Waals surface area contributed by atoms with E-state index in [2.05, 4.69) is 20.3 Å². The molecule has 0 aliphatic heterocycles. The topological polar surface area (TPSA) is 72.7 Å². The number of alkyl halides is 3. The highest BCUT2D eigenvalue weighted by atomic mass is 19.4. The Labute approximate surface area is 156 Å². The van der Waals surface area contributed by atoms with Gasteiger partial charge in [0.1, 0.15) is 17.8 Å². The second kappa shape index (κ2) is 6.76. The summed E-state index contributed by atoms with van der Waals surface area (Å²) in [6, 6.07) is 12.8. The van der Waals surface area contributed by atoms with Crippen LogP contribution < -0.4 is 5.32 Å². The summed E-state index contributed by atoms with van der Waals surface area (Å²) in [6.45, 7) is 0. The molecule has 4 rings (SSSR count). The van der Waals surface area contributed by atoms with E-state index in [-0.39, 0.29) is 5.56 Å². The van der Waals surface area contributed by atoms with E-state index in [0.29, 0.717) is 11.5 Å². The monoisotopic (exact) mass is 383 g/mol. The van der Waals surface area contributed by atoms with Crippen molar-refractivity contribution in [1.29, 1.82) is 0 Å². The lowest BCUT2D eigenvalue weighted by Crippen LogP contribution is -2.14. The van der Waals surface area contributed by atoms with Crippen molar-refractivity contribution in [3.8, 4) is 5.82 Å². The summed E-state index contributed by atoms with van der Waals surface area (Å²) in [4.78, 5) is 24.1. The number of anilines is 1. The van der Waals surface area contributed by atoms with Crippen molar-refractivity contribution in [3.05, 3.63) is 78.5 Å². The average Bonchev–Trinajstić information content (AvgIpc) is 3.12. The first-order valence-electron chi connectivity index (χ1n) is 8.15. The zero-order valence-electron chi connectivity index (χ0n) is 14.2.